The largest absolute Gasteiger partial charge is 0.465 e. The van der Waals surface area contributed by atoms with E-state index in [1.807, 2.05) is 4.90 Å². The third-order valence-electron chi connectivity index (χ3n) is 5.98. The van der Waals surface area contributed by atoms with Crippen molar-refractivity contribution in [2.24, 2.45) is 0 Å². The molecule has 0 aliphatic carbocycles. The van der Waals surface area contributed by atoms with Crippen LogP contribution in [0.5, 0.6) is 5.75 Å². The summed E-state index contributed by atoms with van der Waals surface area (Å²) in [5, 5.41) is 0. The molecule has 0 atom stereocenters. The molecule has 0 bridgehead atoms. The van der Waals surface area contributed by atoms with Crippen LogP contribution in [0.15, 0.2) is 47.4 Å². The normalized spacial score (nSPS) is 17.3. The van der Waals surface area contributed by atoms with Gasteiger partial charge in [0.15, 0.2) is 0 Å². The van der Waals surface area contributed by atoms with E-state index in [2.05, 4.69) is 4.74 Å². The molecule has 2 saturated heterocycles. The van der Waals surface area contributed by atoms with Crippen LogP contribution in [0.1, 0.15) is 40.0 Å². The van der Waals surface area contributed by atoms with Crippen LogP contribution >= 0.6 is 0 Å². The maximum absolute atomic E-state index is 13.2. The highest BCUT2D eigenvalue weighted by molar-refractivity contribution is 7.89. The number of sulfonamides is 1. The second kappa shape index (κ2) is 10.5. The molecule has 2 aliphatic rings. The summed E-state index contributed by atoms with van der Waals surface area (Å²) < 4.78 is 43.6. The molecule has 2 aromatic rings. The van der Waals surface area contributed by atoms with Crippen molar-refractivity contribution in [3.8, 4) is 5.75 Å². The second-order valence-corrected chi connectivity index (χ2v) is 10.1. The maximum Gasteiger partial charge on any atom is 0.345 e. The number of methoxy groups -OCH3 is 1. The van der Waals surface area contributed by atoms with Crippen LogP contribution in [0, 0.1) is 0 Å². The summed E-state index contributed by atoms with van der Waals surface area (Å²) in [6.45, 7) is 3.12. The second-order valence-electron chi connectivity index (χ2n) is 8.15. The third kappa shape index (κ3) is 5.24. The first-order valence-corrected chi connectivity index (χ1v) is 12.7. The van der Waals surface area contributed by atoms with E-state index in [-0.39, 0.29) is 16.2 Å². The summed E-state index contributed by atoms with van der Waals surface area (Å²) in [6.07, 6.45) is 2.65. The Morgan fingerprint density at radius 2 is 1.56 bits per heavy atom. The van der Waals surface area contributed by atoms with Gasteiger partial charge in [0.25, 0.3) is 0 Å². The van der Waals surface area contributed by atoms with Gasteiger partial charge in [0, 0.05) is 26.2 Å². The van der Waals surface area contributed by atoms with Gasteiger partial charge in [-0.25, -0.2) is 18.0 Å². The van der Waals surface area contributed by atoms with Crippen LogP contribution in [-0.2, 0) is 19.5 Å². The van der Waals surface area contributed by atoms with E-state index < -0.39 is 22.0 Å². The standard InChI is InChI=1S/C24H28N2O7S/c1-31-23(27)18-5-7-19(8-6-18)33-24(28)21-17-20(34(29,30)26-11-3-2-4-12-26)9-10-22(21)25-13-15-32-16-14-25/h5-10,17H,2-4,11-16H2,1H3. The van der Waals surface area contributed by atoms with Gasteiger partial charge in [-0.15, -0.1) is 0 Å². The molecule has 2 fully saturated rings. The van der Waals surface area contributed by atoms with Crippen molar-refractivity contribution in [3.05, 3.63) is 53.6 Å². The predicted octanol–water partition coefficient (Wildman–Crippen LogP) is 2.70. The zero-order valence-corrected chi connectivity index (χ0v) is 19.9. The highest BCUT2D eigenvalue weighted by Gasteiger charge is 2.29. The molecule has 0 aromatic heterocycles. The summed E-state index contributed by atoms with van der Waals surface area (Å²) >= 11 is 0. The summed E-state index contributed by atoms with van der Waals surface area (Å²) in [7, 11) is -2.44. The number of hydrogen-bond acceptors (Lipinski definition) is 8. The fourth-order valence-corrected chi connectivity index (χ4v) is 5.66. The van der Waals surface area contributed by atoms with Crippen LogP contribution in [-0.4, -0.2) is 71.2 Å². The summed E-state index contributed by atoms with van der Waals surface area (Å²) in [5.41, 5.74) is 1.08. The molecule has 0 N–H and O–H groups in total. The fourth-order valence-electron chi connectivity index (χ4n) is 4.11. The van der Waals surface area contributed by atoms with Crippen molar-refractivity contribution >= 4 is 27.6 Å². The number of benzene rings is 2. The Morgan fingerprint density at radius 3 is 2.21 bits per heavy atom. The molecule has 2 aromatic carbocycles. The number of morpholine rings is 1. The molecule has 0 unspecified atom stereocenters. The Hall–Kier alpha value is -2.95. The molecule has 2 heterocycles. The monoisotopic (exact) mass is 488 g/mol. The first-order chi connectivity index (χ1) is 16.4. The minimum Gasteiger partial charge on any atom is -0.465 e. The SMILES string of the molecule is COC(=O)c1ccc(OC(=O)c2cc(S(=O)(=O)N3CCCCC3)ccc2N2CCOCC2)cc1. The predicted molar refractivity (Wildman–Crippen MR) is 125 cm³/mol. The number of anilines is 1. The zero-order chi connectivity index (χ0) is 24.1. The molecule has 34 heavy (non-hydrogen) atoms. The van der Waals surface area contributed by atoms with Crippen molar-refractivity contribution in [1.82, 2.24) is 4.31 Å². The number of hydrogen-bond donors (Lipinski definition) is 0. The van der Waals surface area contributed by atoms with E-state index in [4.69, 9.17) is 9.47 Å². The average molecular weight is 489 g/mol. The van der Waals surface area contributed by atoms with Crippen LogP contribution in [0.25, 0.3) is 0 Å². The van der Waals surface area contributed by atoms with E-state index in [0.717, 1.165) is 19.3 Å². The van der Waals surface area contributed by atoms with Gasteiger partial charge in [0.2, 0.25) is 10.0 Å². The quantitative estimate of drug-likeness (QED) is 0.452. The van der Waals surface area contributed by atoms with Crippen LogP contribution < -0.4 is 9.64 Å². The fraction of sp³-hybridized carbons (Fsp3) is 0.417. The highest BCUT2D eigenvalue weighted by atomic mass is 32.2. The lowest BCUT2D eigenvalue weighted by Crippen LogP contribution is -2.38. The number of piperidine rings is 1. The molecule has 0 saturated carbocycles. The van der Waals surface area contributed by atoms with Crippen LogP contribution in [0.4, 0.5) is 5.69 Å². The number of ether oxygens (including phenoxy) is 3. The van der Waals surface area contributed by atoms with Gasteiger partial charge < -0.3 is 19.1 Å². The third-order valence-corrected chi connectivity index (χ3v) is 7.87. The molecule has 0 amide bonds. The first kappa shape index (κ1) is 24.2. The van der Waals surface area contributed by atoms with E-state index >= 15 is 0 Å². The minimum absolute atomic E-state index is 0.0689. The molecule has 9 nitrogen and oxygen atoms in total. The maximum atomic E-state index is 13.2. The Balaban J connectivity index is 1.65. The zero-order valence-electron chi connectivity index (χ0n) is 19.1. The topological polar surface area (TPSA) is 102 Å². The lowest BCUT2D eigenvalue weighted by Gasteiger charge is -2.31. The summed E-state index contributed by atoms with van der Waals surface area (Å²) in [5.74, 6) is -0.944. The number of carbonyl (C=O) groups is 2. The number of nitrogens with zero attached hydrogens (tertiary/aromatic N) is 2. The molecular formula is C24H28N2O7S. The van der Waals surface area contributed by atoms with E-state index in [1.165, 1.54) is 41.7 Å². The number of esters is 2. The highest BCUT2D eigenvalue weighted by Crippen LogP contribution is 2.29. The van der Waals surface area contributed by atoms with Crippen LogP contribution in [0.3, 0.4) is 0 Å². The van der Waals surface area contributed by atoms with Gasteiger partial charge in [-0.3, -0.25) is 0 Å². The van der Waals surface area contributed by atoms with Crippen LogP contribution in [0.2, 0.25) is 0 Å². The Kier molecular flexibility index (Phi) is 7.50. The van der Waals surface area contributed by atoms with Crippen molar-refractivity contribution in [3.63, 3.8) is 0 Å². The number of rotatable bonds is 6. The molecule has 4 rings (SSSR count). The minimum atomic E-state index is -3.73. The van der Waals surface area contributed by atoms with E-state index in [1.54, 1.807) is 12.1 Å². The van der Waals surface area contributed by atoms with E-state index in [0.29, 0.717) is 50.6 Å². The lowest BCUT2D eigenvalue weighted by molar-refractivity contribution is 0.0600. The van der Waals surface area contributed by atoms with Crippen molar-refractivity contribution in [1.29, 1.82) is 0 Å². The smallest absolute Gasteiger partial charge is 0.345 e. The summed E-state index contributed by atoms with van der Waals surface area (Å²) in [6, 6.07) is 10.6. The van der Waals surface area contributed by atoms with E-state index in [9.17, 15) is 18.0 Å². The van der Waals surface area contributed by atoms with Gasteiger partial charge in [0.1, 0.15) is 5.75 Å². The molecular weight excluding hydrogens is 460 g/mol. The van der Waals surface area contributed by atoms with Gasteiger partial charge in [-0.05, 0) is 55.3 Å². The first-order valence-electron chi connectivity index (χ1n) is 11.3. The molecule has 0 spiro atoms. The molecule has 10 heteroatoms. The Bertz CT molecular complexity index is 1140. The molecule has 0 radical (unpaired) electrons. The molecule has 182 valence electrons. The van der Waals surface area contributed by atoms with Gasteiger partial charge in [-0.1, -0.05) is 6.42 Å². The van der Waals surface area contributed by atoms with Gasteiger partial charge >= 0.3 is 11.9 Å². The van der Waals surface area contributed by atoms with Crippen molar-refractivity contribution < 1.29 is 32.2 Å². The van der Waals surface area contributed by atoms with Gasteiger partial charge in [-0.2, -0.15) is 4.31 Å². The molecule has 2 aliphatic heterocycles. The van der Waals surface area contributed by atoms with Gasteiger partial charge in [0.05, 0.1) is 42.0 Å². The lowest BCUT2D eigenvalue weighted by atomic mass is 10.1. The van der Waals surface area contributed by atoms with Crippen molar-refractivity contribution in [2.45, 2.75) is 24.2 Å². The summed E-state index contributed by atoms with van der Waals surface area (Å²) in [4.78, 5) is 26.9. The van der Waals surface area contributed by atoms with Crippen molar-refractivity contribution in [2.75, 3.05) is 51.4 Å². The Labute approximate surface area is 199 Å². The number of carbonyl (C=O) groups excluding carboxylic acids is 2. The average Bonchev–Trinajstić information content (AvgIpc) is 2.89. The Morgan fingerprint density at radius 1 is 0.882 bits per heavy atom.